The van der Waals surface area contributed by atoms with Crippen LogP contribution in [0.15, 0.2) is 46.9 Å². The Kier molecular flexibility index (Phi) is 4.96. The molecule has 0 radical (unpaired) electrons. The van der Waals surface area contributed by atoms with Crippen LogP contribution in [0.1, 0.15) is 15.9 Å². The molecule has 2 aromatic rings. The van der Waals surface area contributed by atoms with Gasteiger partial charge < -0.3 is 9.64 Å². The van der Waals surface area contributed by atoms with E-state index in [-0.39, 0.29) is 5.82 Å². The van der Waals surface area contributed by atoms with E-state index in [2.05, 4.69) is 15.9 Å². The van der Waals surface area contributed by atoms with Gasteiger partial charge >= 0.3 is 5.97 Å². The Bertz CT molecular complexity index is 640. The Balaban J connectivity index is 2.28. The number of methoxy groups -OCH3 is 1. The molecule has 2 aromatic carbocycles. The van der Waals surface area contributed by atoms with Crippen molar-refractivity contribution in [3.8, 4) is 0 Å². The number of halogens is 2. The molecule has 0 aliphatic carbocycles. The van der Waals surface area contributed by atoms with Crippen LogP contribution in [-0.2, 0) is 11.3 Å². The number of rotatable bonds is 4. The summed E-state index contributed by atoms with van der Waals surface area (Å²) >= 11 is 3.28. The van der Waals surface area contributed by atoms with E-state index in [0.29, 0.717) is 16.6 Å². The molecule has 0 aromatic heterocycles. The number of hydrogen-bond acceptors (Lipinski definition) is 3. The highest BCUT2D eigenvalue weighted by atomic mass is 79.9. The van der Waals surface area contributed by atoms with E-state index < -0.39 is 5.97 Å². The van der Waals surface area contributed by atoms with Gasteiger partial charge in [0, 0.05) is 18.1 Å². The van der Waals surface area contributed by atoms with E-state index in [1.54, 1.807) is 12.1 Å². The van der Waals surface area contributed by atoms with Crippen molar-refractivity contribution in [3.63, 3.8) is 0 Å². The molecule has 0 unspecified atom stereocenters. The molecule has 5 heteroatoms. The fourth-order valence-electron chi connectivity index (χ4n) is 2.15. The summed E-state index contributed by atoms with van der Waals surface area (Å²) in [5, 5.41) is 0. The third-order valence-electron chi connectivity index (χ3n) is 3.06. The van der Waals surface area contributed by atoms with Crippen molar-refractivity contribution >= 4 is 27.6 Å². The van der Waals surface area contributed by atoms with Crippen molar-refractivity contribution < 1.29 is 13.9 Å². The second kappa shape index (κ2) is 6.72. The molecular weight excluding hydrogens is 337 g/mol. The Morgan fingerprint density at radius 1 is 1.29 bits per heavy atom. The second-order valence-electron chi connectivity index (χ2n) is 4.64. The second-order valence-corrected chi connectivity index (χ2v) is 5.56. The van der Waals surface area contributed by atoms with Crippen LogP contribution in [0.3, 0.4) is 0 Å². The van der Waals surface area contributed by atoms with Gasteiger partial charge in [0.25, 0.3) is 0 Å². The van der Waals surface area contributed by atoms with Gasteiger partial charge in [0.1, 0.15) is 5.82 Å². The summed E-state index contributed by atoms with van der Waals surface area (Å²) in [6, 6.07) is 11.9. The SMILES string of the molecule is COC(=O)c1ccccc1N(C)Cc1cc(F)cc(Br)c1. The van der Waals surface area contributed by atoms with Crippen LogP contribution in [-0.4, -0.2) is 20.1 Å². The fraction of sp³-hybridized carbons (Fsp3) is 0.188. The highest BCUT2D eigenvalue weighted by Crippen LogP contribution is 2.23. The summed E-state index contributed by atoms with van der Waals surface area (Å²) in [7, 11) is 3.20. The number of para-hydroxylation sites is 1. The number of ether oxygens (including phenoxy) is 1. The lowest BCUT2D eigenvalue weighted by atomic mass is 10.1. The third kappa shape index (κ3) is 3.82. The number of esters is 1. The first-order valence-electron chi connectivity index (χ1n) is 6.34. The van der Waals surface area contributed by atoms with E-state index in [9.17, 15) is 9.18 Å². The molecule has 0 heterocycles. The van der Waals surface area contributed by atoms with Gasteiger partial charge in [-0.2, -0.15) is 0 Å². The standard InChI is InChI=1S/C16H15BrFNO2/c1-19(10-11-7-12(17)9-13(18)8-11)15-6-4-3-5-14(15)16(20)21-2/h3-9H,10H2,1-2H3. The molecule has 0 spiro atoms. The number of hydrogen-bond donors (Lipinski definition) is 0. The maximum absolute atomic E-state index is 13.4. The molecule has 0 aliphatic heterocycles. The lowest BCUT2D eigenvalue weighted by Gasteiger charge is -2.22. The quantitative estimate of drug-likeness (QED) is 0.779. The molecule has 0 aliphatic rings. The molecule has 0 saturated carbocycles. The third-order valence-corrected chi connectivity index (χ3v) is 3.52. The van der Waals surface area contributed by atoms with Gasteiger partial charge in [-0.1, -0.05) is 28.1 Å². The monoisotopic (exact) mass is 351 g/mol. The molecule has 2 rings (SSSR count). The summed E-state index contributed by atoms with van der Waals surface area (Å²) < 4.78 is 18.9. The van der Waals surface area contributed by atoms with E-state index in [0.717, 1.165) is 11.3 Å². The maximum atomic E-state index is 13.4. The molecule has 0 N–H and O–H groups in total. The highest BCUT2D eigenvalue weighted by molar-refractivity contribution is 9.10. The van der Waals surface area contributed by atoms with Crippen LogP contribution < -0.4 is 4.90 Å². The summed E-state index contributed by atoms with van der Waals surface area (Å²) in [5.41, 5.74) is 2.03. The molecule has 0 saturated heterocycles. The fourth-order valence-corrected chi connectivity index (χ4v) is 2.66. The van der Waals surface area contributed by atoms with Crippen molar-refractivity contribution in [3.05, 3.63) is 63.9 Å². The minimum atomic E-state index is -0.391. The normalized spacial score (nSPS) is 10.3. The largest absolute Gasteiger partial charge is 0.465 e. The average molecular weight is 352 g/mol. The summed E-state index contributed by atoms with van der Waals surface area (Å²) in [4.78, 5) is 13.7. The molecule has 0 atom stereocenters. The van der Waals surface area contributed by atoms with Crippen molar-refractivity contribution in [2.45, 2.75) is 6.54 Å². The minimum absolute atomic E-state index is 0.297. The van der Waals surface area contributed by atoms with Gasteiger partial charge in [-0.05, 0) is 35.9 Å². The zero-order valence-electron chi connectivity index (χ0n) is 11.8. The van der Waals surface area contributed by atoms with Gasteiger partial charge in [-0.25, -0.2) is 9.18 Å². The van der Waals surface area contributed by atoms with Crippen molar-refractivity contribution in [2.75, 3.05) is 19.1 Å². The molecule has 110 valence electrons. The van der Waals surface area contributed by atoms with Crippen LogP contribution >= 0.6 is 15.9 Å². The summed E-state index contributed by atoms with van der Waals surface area (Å²) in [6.07, 6.45) is 0. The highest BCUT2D eigenvalue weighted by Gasteiger charge is 2.14. The van der Waals surface area contributed by atoms with Crippen LogP contribution in [0.25, 0.3) is 0 Å². The Morgan fingerprint density at radius 2 is 2.00 bits per heavy atom. The van der Waals surface area contributed by atoms with Crippen LogP contribution in [0, 0.1) is 5.82 Å². The smallest absolute Gasteiger partial charge is 0.339 e. The van der Waals surface area contributed by atoms with E-state index in [1.807, 2.05) is 30.1 Å². The molecule has 3 nitrogen and oxygen atoms in total. The van der Waals surface area contributed by atoms with Crippen molar-refractivity contribution in [2.24, 2.45) is 0 Å². The predicted molar refractivity (Wildman–Crippen MR) is 84.0 cm³/mol. The van der Waals surface area contributed by atoms with Gasteiger partial charge in [0.2, 0.25) is 0 Å². The first kappa shape index (κ1) is 15.5. The average Bonchev–Trinajstić information content (AvgIpc) is 2.45. The van der Waals surface area contributed by atoms with E-state index in [4.69, 9.17) is 4.74 Å². The first-order valence-corrected chi connectivity index (χ1v) is 7.14. The van der Waals surface area contributed by atoms with E-state index in [1.165, 1.54) is 19.2 Å². The molecule has 0 amide bonds. The molecular formula is C16H15BrFNO2. The number of benzene rings is 2. The Labute approximate surface area is 131 Å². The summed E-state index contributed by atoms with van der Waals surface area (Å²) in [6.45, 7) is 0.477. The minimum Gasteiger partial charge on any atom is -0.465 e. The number of anilines is 1. The van der Waals surface area contributed by atoms with Gasteiger partial charge in [-0.3, -0.25) is 0 Å². The van der Waals surface area contributed by atoms with Crippen molar-refractivity contribution in [1.29, 1.82) is 0 Å². The zero-order chi connectivity index (χ0) is 15.4. The number of carbonyl (C=O) groups excluding carboxylic acids is 1. The van der Waals surface area contributed by atoms with Gasteiger partial charge in [-0.15, -0.1) is 0 Å². The van der Waals surface area contributed by atoms with E-state index >= 15 is 0 Å². The Hall–Kier alpha value is -1.88. The first-order chi connectivity index (χ1) is 10.0. The molecule has 0 bridgehead atoms. The van der Waals surface area contributed by atoms with Gasteiger partial charge in [0.05, 0.1) is 18.4 Å². The number of nitrogens with zero attached hydrogens (tertiary/aromatic N) is 1. The lowest BCUT2D eigenvalue weighted by Crippen LogP contribution is -2.19. The maximum Gasteiger partial charge on any atom is 0.339 e. The lowest BCUT2D eigenvalue weighted by molar-refractivity contribution is 0.0601. The van der Waals surface area contributed by atoms with Crippen LogP contribution in [0.4, 0.5) is 10.1 Å². The zero-order valence-corrected chi connectivity index (χ0v) is 13.4. The van der Waals surface area contributed by atoms with Crippen molar-refractivity contribution in [1.82, 2.24) is 0 Å². The molecule has 21 heavy (non-hydrogen) atoms. The summed E-state index contributed by atoms with van der Waals surface area (Å²) in [5.74, 6) is -0.688. The predicted octanol–water partition coefficient (Wildman–Crippen LogP) is 4.01. The number of carbonyl (C=O) groups is 1. The van der Waals surface area contributed by atoms with Gasteiger partial charge in [0.15, 0.2) is 0 Å². The molecule has 0 fully saturated rings. The van der Waals surface area contributed by atoms with Crippen LogP contribution in [0.2, 0.25) is 0 Å². The Morgan fingerprint density at radius 3 is 2.67 bits per heavy atom. The topological polar surface area (TPSA) is 29.5 Å². The van der Waals surface area contributed by atoms with Crippen LogP contribution in [0.5, 0.6) is 0 Å².